The Morgan fingerprint density at radius 1 is 1.22 bits per heavy atom. The van der Waals surface area contributed by atoms with Gasteiger partial charge in [0.05, 0.1) is 5.56 Å². The maximum atomic E-state index is 12.1. The molecule has 0 radical (unpaired) electrons. The Labute approximate surface area is 135 Å². The van der Waals surface area contributed by atoms with Gasteiger partial charge in [0.1, 0.15) is 12.3 Å². The molecule has 0 aliphatic carbocycles. The molecule has 5 nitrogen and oxygen atoms in total. The number of hydrogen-bond acceptors (Lipinski definition) is 3. The monoisotopic (exact) mass is 310 g/mol. The van der Waals surface area contributed by atoms with Crippen LogP contribution in [-0.4, -0.2) is 23.0 Å². The lowest BCUT2D eigenvalue weighted by atomic mass is 10.1. The van der Waals surface area contributed by atoms with Crippen molar-refractivity contribution < 1.29 is 14.2 Å². The summed E-state index contributed by atoms with van der Waals surface area (Å²) in [6.07, 6.45) is 0. The summed E-state index contributed by atoms with van der Waals surface area (Å²) in [4.78, 5) is 12.1. The van der Waals surface area contributed by atoms with Crippen LogP contribution in [-0.2, 0) is 11.3 Å². The van der Waals surface area contributed by atoms with Crippen LogP contribution in [0.5, 0.6) is 5.75 Å². The maximum Gasteiger partial charge on any atom is 0.299 e. The van der Waals surface area contributed by atoms with E-state index in [-0.39, 0.29) is 12.5 Å². The predicted molar refractivity (Wildman–Crippen MR) is 88.3 cm³/mol. The van der Waals surface area contributed by atoms with E-state index < -0.39 is 0 Å². The number of amidine groups is 1. The Kier molecular flexibility index (Phi) is 4.02. The average molecular weight is 310 g/mol. The lowest BCUT2D eigenvalue weighted by Crippen LogP contribution is -2.40. The van der Waals surface area contributed by atoms with E-state index in [4.69, 9.17) is 10.5 Å². The number of benzene rings is 2. The summed E-state index contributed by atoms with van der Waals surface area (Å²) in [5, 5.41) is 0. The van der Waals surface area contributed by atoms with Crippen molar-refractivity contribution in [3.05, 3.63) is 64.7 Å². The Balaban J connectivity index is 1.61. The molecule has 3 rings (SSSR count). The number of ether oxygens (including phenoxy) is 1. The van der Waals surface area contributed by atoms with Crippen LogP contribution < -0.4 is 15.9 Å². The number of nitrogens with zero attached hydrogens (tertiary/aromatic N) is 1. The summed E-state index contributed by atoms with van der Waals surface area (Å²) in [6.45, 7) is 4.51. The Hall–Kier alpha value is -2.82. The molecule has 1 aliphatic heterocycles. The molecule has 0 aromatic heterocycles. The molecule has 23 heavy (non-hydrogen) atoms. The summed E-state index contributed by atoms with van der Waals surface area (Å²) in [5.74, 6) is 1.01. The van der Waals surface area contributed by atoms with Crippen LogP contribution >= 0.6 is 0 Å². The van der Waals surface area contributed by atoms with Crippen LogP contribution in [0.1, 0.15) is 22.3 Å². The number of hydrazine groups is 1. The molecule has 0 fully saturated rings. The third-order valence-corrected chi connectivity index (χ3v) is 3.74. The normalized spacial score (nSPS) is 13.0. The number of amides is 1. The lowest BCUT2D eigenvalue weighted by molar-refractivity contribution is -0.586. The van der Waals surface area contributed by atoms with Gasteiger partial charge >= 0.3 is 0 Å². The van der Waals surface area contributed by atoms with Gasteiger partial charge in [-0.3, -0.25) is 10.5 Å². The van der Waals surface area contributed by atoms with Gasteiger partial charge in [-0.25, -0.2) is 0 Å². The van der Waals surface area contributed by atoms with Crippen LogP contribution in [0.25, 0.3) is 0 Å². The number of aryl methyl sites for hydroxylation is 2. The standard InChI is InChI=1S/C18H19N3O2/c1-12-7-13(2)9-15(8-12)23-11-17(22)20-21-10-14-5-3-4-6-16(14)18(21)19/h3-9,19H,10-11H2,1-2H3,(H,20,22)/p+1. The lowest BCUT2D eigenvalue weighted by Gasteiger charge is -2.09. The SMILES string of the molecule is Cc1cc(C)cc(OCC(=O)N[N+]2=C(N)c3ccccc3C2)c1. The van der Waals surface area contributed by atoms with E-state index in [1.807, 2.05) is 50.2 Å². The third-order valence-electron chi connectivity index (χ3n) is 3.74. The molecule has 0 spiro atoms. The van der Waals surface area contributed by atoms with Crippen molar-refractivity contribution in [2.24, 2.45) is 5.73 Å². The summed E-state index contributed by atoms with van der Waals surface area (Å²) >= 11 is 0. The van der Waals surface area contributed by atoms with E-state index in [9.17, 15) is 4.79 Å². The zero-order chi connectivity index (χ0) is 16.4. The van der Waals surface area contributed by atoms with E-state index >= 15 is 0 Å². The van der Waals surface area contributed by atoms with Crippen molar-refractivity contribution in [3.8, 4) is 5.75 Å². The van der Waals surface area contributed by atoms with Gasteiger partial charge < -0.3 is 4.74 Å². The van der Waals surface area contributed by atoms with Crippen LogP contribution in [0.2, 0.25) is 0 Å². The van der Waals surface area contributed by atoms with Crippen molar-refractivity contribution in [1.82, 2.24) is 5.43 Å². The highest BCUT2D eigenvalue weighted by atomic mass is 16.5. The first kappa shape index (κ1) is 15.1. The number of nitrogens with one attached hydrogen (secondary N) is 1. The molecule has 1 heterocycles. The van der Waals surface area contributed by atoms with Crippen LogP contribution in [0, 0.1) is 13.8 Å². The van der Waals surface area contributed by atoms with Gasteiger partial charge in [0, 0.05) is 5.56 Å². The van der Waals surface area contributed by atoms with Gasteiger partial charge in [-0.1, -0.05) is 24.3 Å². The van der Waals surface area contributed by atoms with Crippen LogP contribution in [0.3, 0.4) is 0 Å². The Morgan fingerprint density at radius 3 is 2.61 bits per heavy atom. The molecule has 0 atom stereocenters. The van der Waals surface area contributed by atoms with Gasteiger partial charge in [0.15, 0.2) is 6.61 Å². The molecule has 1 aliphatic rings. The van der Waals surface area contributed by atoms with Crippen LogP contribution in [0.15, 0.2) is 42.5 Å². The third kappa shape index (κ3) is 3.34. The number of fused-ring (bicyclic) bond motifs is 1. The van der Waals surface area contributed by atoms with Gasteiger partial charge in [0.2, 0.25) is 0 Å². The van der Waals surface area contributed by atoms with E-state index in [0.717, 1.165) is 22.3 Å². The molecule has 118 valence electrons. The van der Waals surface area contributed by atoms with Gasteiger partial charge in [0.25, 0.3) is 11.7 Å². The van der Waals surface area contributed by atoms with Crippen molar-refractivity contribution in [2.45, 2.75) is 20.4 Å². The molecule has 3 N–H and O–H groups in total. The largest absolute Gasteiger partial charge is 0.484 e. The number of nitrogens with two attached hydrogens (primary N) is 1. The number of rotatable bonds is 4. The highest BCUT2D eigenvalue weighted by molar-refractivity contribution is 5.96. The quantitative estimate of drug-likeness (QED) is 0.844. The number of carbonyl (C=O) groups is 1. The van der Waals surface area contributed by atoms with Crippen molar-refractivity contribution in [2.75, 3.05) is 6.61 Å². The first-order valence-corrected chi connectivity index (χ1v) is 7.52. The second-order valence-electron chi connectivity index (χ2n) is 5.78. The molecule has 5 heteroatoms. The number of hydrazone groups is 1. The highest BCUT2D eigenvalue weighted by Crippen LogP contribution is 2.16. The van der Waals surface area contributed by atoms with Gasteiger partial charge in [-0.2, -0.15) is 10.1 Å². The Morgan fingerprint density at radius 2 is 1.91 bits per heavy atom. The molecule has 0 saturated heterocycles. The Bertz CT molecular complexity index is 776. The van der Waals surface area contributed by atoms with Crippen LogP contribution in [0.4, 0.5) is 0 Å². The average Bonchev–Trinajstić information content (AvgIpc) is 2.81. The number of carbonyl (C=O) groups excluding carboxylic acids is 1. The fourth-order valence-electron chi connectivity index (χ4n) is 2.76. The summed E-state index contributed by atoms with van der Waals surface area (Å²) < 4.78 is 7.21. The van der Waals surface area contributed by atoms with Gasteiger partial charge in [-0.05, 0) is 43.2 Å². The smallest absolute Gasteiger partial charge is 0.299 e. The summed E-state index contributed by atoms with van der Waals surface area (Å²) in [5.41, 5.74) is 13.1. The zero-order valence-electron chi connectivity index (χ0n) is 13.3. The minimum Gasteiger partial charge on any atom is -0.484 e. The van der Waals surface area contributed by atoms with Crippen molar-refractivity contribution >= 4 is 11.7 Å². The molecule has 2 aromatic carbocycles. The summed E-state index contributed by atoms with van der Waals surface area (Å²) in [6, 6.07) is 13.7. The van der Waals surface area contributed by atoms with E-state index in [0.29, 0.717) is 18.1 Å². The fraction of sp³-hybridized carbons (Fsp3) is 0.222. The number of hydrogen-bond donors (Lipinski definition) is 2. The molecular formula is C18H20N3O2+. The predicted octanol–water partition coefficient (Wildman–Crippen LogP) is 1.65. The van der Waals surface area contributed by atoms with E-state index in [1.54, 1.807) is 4.68 Å². The van der Waals surface area contributed by atoms with Crippen molar-refractivity contribution in [3.63, 3.8) is 0 Å². The second kappa shape index (κ2) is 6.12. The topological polar surface area (TPSA) is 67.4 Å². The second-order valence-corrected chi connectivity index (χ2v) is 5.78. The molecule has 0 saturated carbocycles. The minimum atomic E-state index is -0.236. The first-order chi connectivity index (χ1) is 11.0. The highest BCUT2D eigenvalue weighted by Gasteiger charge is 2.25. The van der Waals surface area contributed by atoms with Crippen molar-refractivity contribution in [1.29, 1.82) is 0 Å². The molecule has 2 aromatic rings. The van der Waals surface area contributed by atoms with Gasteiger partial charge in [-0.15, -0.1) is 0 Å². The van der Waals surface area contributed by atoms with E-state index in [1.165, 1.54) is 0 Å². The van der Waals surface area contributed by atoms with E-state index in [2.05, 4.69) is 11.5 Å². The molecule has 1 amide bonds. The first-order valence-electron chi connectivity index (χ1n) is 7.52. The summed E-state index contributed by atoms with van der Waals surface area (Å²) in [7, 11) is 0. The fourth-order valence-corrected chi connectivity index (χ4v) is 2.76. The molecule has 0 bridgehead atoms. The molecular weight excluding hydrogens is 290 g/mol. The zero-order valence-corrected chi connectivity index (χ0v) is 13.3. The maximum absolute atomic E-state index is 12.1. The minimum absolute atomic E-state index is 0.0526. The molecule has 0 unspecified atom stereocenters.